The molecule has 0 saturated heterocycles. The van der Waals surface area contributed by atoms with E-state index in [4.69, 9.17) is 16.7 Å². The number of hydrogen-bond acceptors (Lipinski definition) is 4. The number of carboxylic acids is 1. The van der Waals surface area contributed by atoms with Gasteiger partial charge in [0.15, 0.2) is 5.69 Å². The molecule has 0 fully saturated rings. The van der Waals surface area contributed by atoms with Crippen molar-refractivity contribution >= 4 is 23.5 Å². The van der Waals surface area contributed by atoms with Gasteiger partial charge in [0.25, 0.3) is 5.91 Å². The Morgan fingerprint density at radius 1 is 1.32 bits per heavy atom. The van der Waals surface area contributed by atoms with E-state index in [-0.39, 0.29) is 18.0 Å². The maximum atomic E-state index is 12.8. The maximum Gasteiger partial charge on any atom is 0.303 e. The molecule has 9 heteroatoms. The number of carbonyl (C=O) groups is 2. The third-order valence-corrected chi connectivity index (χ3v) is 4.86. The quantitative estimate of drug-likeness (QED) is 0.889. The summed E-state index contributed by atoms with van der Waals surface area (Å²) in [6.45, 7) is 3.52. The lowest BCUT2D eigenvalue weighted by Gasteiger charge is -2.18. The van der Waals surface area contributed by atoms with Gasteiger partial charge in [-0.2, -0.15) is 10.2 Å². The molecule has 0 bridgehead atoms. The van der Waals surface area contributed by atoms with Gasteiger partial charge in [0.2, 0.25) is 0 Å². The summed E-state index contributed by atoms with van der Waals surface area (Å²) in [6, 6.07) is 1.87. The van der Waals surface area contributed by atoms with Crippen LogP contribution in [-0.2, 0) is 31.4 Å². The van der Waals surface area contributed by atoms with Crippen molar-refractivity contribution in [2.45, 2.75) is 39.3 Å². The number of aromatic nitrogens is 4. The molecular weight excluding hydrogens is 346 g/mol. The van der Waals surface area contributed by atoms with E-state index in [9.17, 15) is 9.59 Å². The summed E-state index contributed by atoms with van der Waals surface area (Å²) in [6.07, 6.45) is 1.19. The smallest absolute Gasteiger partial charge is 0.303 e. The Hall–Kier alpha value is -2.35. The van der Waals surface area contributed by atoms with Crippen LogP contribution in [0.1, 0.15) is 40.4 Å². The Morgan fingerprint density at radius 3 is 2.72 bits per heavy atom. The Morgan fingerprint density at radius 2 is 2.08 bits per heavy atom. The highest BCUT2D eigenvalue weighted by atomic mass is 35.5. The molecule has 2 aromatic rings. The van der Waals surface area contributed by atoms with Crippen LogP contribution in [0, 0.1) is 6.92 Å². The lowest BCUT2D eigenvalue weighted by atomic mass is 10.2. The predicted octanol–water partition coefficient (Wildman–Crippen LogP) is 1.64. The molecule has 0 atom stereocenters. The Kier molecular flexibility index (Phi) is 4.80. The van der Waals surface area contributed by atoms with E-state index in [0.29, 0.717) is 31.1 Å². The Labute approximate surface area is 150 Å². The fraction of sp³-hybridized carbons (Fsp3) is 0.500. The Balaban J connectivity index is 1.79. The number of halogens is 1. The van der Waals surface area contributed by atoms with E-state index in [1.54, 1.807) is 16.6 Å². The summed E-state index contributed by atoms with van der Waals surface area (Å²) in [5.74, 6) is -1.05. The Bertz CT molecular complexity index is 826. The van der Waals surface area contributed by atoms with Crippen molar-refractivity contribution in [3.05, 3.63) is 33.9 Å². The maximum absolute atomic E-state index is 12.8. The van der Waals surface area contributed by atoms with Crippen molar-refractivity contribution in [2.24, 2.45) is 7.05 Å². The lowest BCUT2D eigenvalue weighted by molar-refractivity contribution is -0.136. The number of amides is 1. The van der Waals surface area contributed by atoms with Crippen LogP contribution >= 0.6 is 11.6 Å². The minimum absolute atomic E-state index is 0.0436. The van der Waals surface area contributed by atoms with Gasteiger partial charge in [-0.05, 0) is 19.4 Å². The molecular formula is C16H20ClN5O3. The second-order valence-corrected chi connectivity index (χ2v) is 6.57. The first-order valence-corrected chi connectivity index (χ1v) is 8.50. The predicted molar refractivity (Wildman–Crippen MR) is 90.5 cm³/mol. The number of hydrogen-bond donors (Lipinski definition) is 1. The van der Waals surface area contributed by atoms with Crippen LogP contribution in [-0.4, -0.2) is 48.0 Å². The third-order valence-electron chi connectivity index (χ3n) is 4.41. The van der Waals surface area contributed by atoms with Crippen LogP contribution in [0.3, 0.4) is 0 Å². The van der Waals surface area contributed by atoms with Gasteiger partial charge in [-0.1, -0.05) is 11.6 Å². The molecule has 1 N–H and O–H groups in total. The van der Waals surface area contributed by atoms with Gasteiger partial charge in [0.05, 0.1) is 35.1 Å². The highest BCUT2D eigenvalue weighted by Gasteiger charge is 2.26. The van der Waals surface area contributed by atoms with Crippen LogP contribution in [0.2, 0.25) is 5.02 Å². The van der Waals surface area contributed by atoms with Gasteiger partial charge >= 0.3 is 5.97 Å². The van der Waals surface area contributed by atoms with Gasteiger partial charge < -0.3 is 10.0 Å². The molecule has 8 nitrogen and oxygen atoms in total. The molecule has 1 aliphatic heterocycles. The monoisotopic (exact) mass is 365 g/mol. The normalized spacial score (nSPS) is 14.3. The van der Waals surface area contributed by atoms with Crippen molar-refractivity contribution in [2.75, 3.05) is 6.54 Å². The number of carbonyl (C=O) groups excluding carboxylic acids is 1. The van der Waals surface area contributed by atoms with Crippen LogP contribution in [0.15, 0.2) is 6.07 Å². The summed E-state index contributed by atoms with van der Waals surface area (Å²) < 4.78 is 3.46. The van der Waals surface area contributed by atoms with Gasteiger partial charge in [-0.25, -0.2) is 0 Å². The average Bonchev–Trinajstić information content (AvgIpc) is 2.99. The molecule has 3 heterocycles. The number of aryl methyl sites for hydroxylation is 3. The minimum Gasteiger partial charge on any atom is -0.481 e. The summed E-state index contributed by atoms with van der Waals surface area (Å²) in [5.41, 5.74) is 2.65. The van der Waals surface area contributed by atoms with Gasteiger partial charge in [0.1, 0.15) is 0 Å². The molecule has 0 unspecified atom stereocenters. The zero-order valence-electron chi connectivity index (χ0n) is 14.2. The van der Waals surface area contributed by atoms with E-state index < -0.39 is 5.97 Å². The van der Waals surface area contributed by atoms with E-state index in [0.717, 1.165) is 23.5 Å². The highest BCUT2D eigenvalue weighted by Crippen LogP contribution is 2.23. The van der Waals surface area contributed by atoms with Crippen molar-refractivity contribution in [1.29, 1.82) is 0 Å². The molecule has 0 aliphatic carbocycles. The second kappa shape index (κ2) is 6.87. The highest BCUT2D eigenvalue weighted by molar-refractivity contribution is 6.34. The average molecular weight is 366 g/mol. The number of rotatable bonds is 4. The molecule has 0 saturated carbocycles. The van der Waals surface area contributed by atoms with Crippen LogP contribution in [0.4, 0.5) is 0 Å². The van der Waals surface area contributed by atoms with Crippen molar-refractivity contribution in [3.63, 3.8) is 0 Å². The van der Waals surface area contributed by atoms with Crippen LogP contribution in [0.25, 0.3) is 0 Å². The van der Waals surface area contributed by atoms with Gasteiger partial charge in [-0.15, -0.1) is 0 Å². The van der Waals surface area contributed by atoms with Crippen molar-refractivity contribution in [3.8, 4) is 0 Å². The molecule has 0 radical (unpaired) electrons. The SMILES string of the molecule is Cc1c(Cl)c(C(=O)N2CCCn3nc(CCC(=O)O)cc3C2)nn1C. The number of fused-ring (bicyclic) bond motifs is 1. The van der Waals surface area contributed by atoms with Crippen LogP contribution in [0.5, 0.6) is 0 Å². The topological polar surface area (TPSA) is 93.2 Å². The van der Waals surface area contributed by atoms with E-state index in [2.05, 4.69) is 10.2 Å². The summed E-state index contributed by atoms with van der Waals surface area (Å²) in [7, 11) is 1.75. The first-order valence-electron chi connectivity index (χ1n) is 8.12. The van der Waals surface area contributed by atoms with Gasteiger partial charge in [0, 0.05) is 26.6 Å². The van der Waals surface area contributed by atoms with E-state index in [1.807, 2.05) is 17.7 Å². The first-order chi connectivity index (χ1) is 11.9. The number of carboxylic acid groups (broad SMARTS) is 1. The largest absolute Gasteiger partial charge is 0.481 e. The van der Waals surface area contributed by atoms with E-state index in [1.165, 1.54) is 0 Å². The van der Waals surface area contributed by atoms with Gasteiger partial charge in [-0.3, -0.25) is 19.0 Å². The zero-order chi connectivity index (χ0) is 18.1. The van der Waals surface area contributed by atoms with Crippen molar-refractivity contribution in [1.82, 2.24) is 24.5 Å². The fourth-order valence-electron chi connectivity index (χ4n) is 2.92. The first kappa shape index (κ1) is 17.5. The molecule has 1 amide bonds. The number of aliphatic carboxylic acids is 1. The molecule has 25 heavy (non-hydrogen) atoms. The molecule has 2 aromatic heterocycles. The molecule has 1 aliphatic rings. The number of nitrogens with zero attached hydrogens (tertiary/aromatic N) is 5. The second-order valence-electron chi connectivity index (χ2n) is 6.20. The molecule has 0 aromatic carbocycles. The fourth-order valence-corrected chi connectivity index (χ4v) is 3.16. The summed E-state index contributed by atoms with van der Waals surface area (Å²) >= 11 is 6.24. The minimum atomic E-state index is -0.847. The molecule has 0 spiro atoms. The standard InChI is InChI=1S/C16H20ClN5O3/c1-10-14(17)15(19-20(10)2)16(25)21-6-3-7-22-12(9-21)8-11(18-22)4-5-13(23)24/h8H,3-7,9H2,1-2H3,(H,23,24). The van der Waals surface area contributed by atoms with Crippen LogP contribution < -0.4 is 0 Å². The van der Waals surface area contributed by atoms with Crippen molar-refractivity contribution < 1.29 is 14.7 Å². The summed E-state index contributed by atoms with van der Waals surface area (Å²) in [5, 5.41) is 17.9. The third kappa shape index (κ3) is 3.53. The zero-order valence-corrected chi connectivity index (χ0v) is 15.0. The summed E-state index contributed by atoms with van der Waals surface area (Å²) in [4.78, 5) is 25.3. The van der Waals surface area contributed by atoms with E-state index >= 15 is 0 Å². The lowest BCUT2D eigenvalue weighted by Crippen LogP contribution is -2.31. The molecule has 134 valence electrons. The molecule has 3 rings (SSSR count).